The summed E-state index contributed by atoms with van der Waals surface area (Å²) in [5, 5.41) is 0. The van der Waals surface area contributed by atoms with Crippen molar-refractivity contribution in [1.82, 2.24) is 0 Å². The molecule has 0 amide bonds. The Hall–Kier alpha value is -1.54. The molecule has 17 heavy (non-hydrogen) atoms. The average molecular weight is 228 g/mol. The van der Waals surface area contributed by atoms with Crippen LogP contribution in [0, 0.1) is 6.92 Å². The van der Waals surface area contributed by atoms with Crippen LogP contribution in [-0.4, -0.2) is 12.4 Å². The molecule has 2 aliphatic rings. The number of allylic oxidation sites excluding steroid dienone is 1. The third kappa shape index (κ3) is 2.13. The molecule has 1 unspecified atom stereocenters. The average Bonchev–Trinajstić information content (AvgIpc) is 2.94. The largest absolute Gasteiger partial charge is 0.459 e. The zero-order valence-electron chi connectivity index (χ0n) is 9.98. The molecule has 1 atom stereocenters. The molecule has 1 spiro atoms. The molecule has 0 radical (unpaired) electrons. The van der Waals surface area contributed by atoms with Gasteiger partial charge >= 0.3 is 0 Å². The van der Waals surface area contributed by atoms with E-state index in [0.717, 1.165) is 30.8 Å². The maximum Gasteiger partial charge on any atom is 0.230 e. The summed E-state index contributed by atoms with van der Waals surface area (Å²) in [6, 6.07) is 8.40. The standard InChI is InChI=1S/C15H16O2/c1-12-3-5-13(6-4-12)11-14-7-9-15(17-14)8-2-10-16-15/h3-7,9,11H,2,8,10H2,1H3/b14-11-. The fraction of sp³-hybridized carbons (Fsp3) is 0.333. The Balaban J connectivity index is 1.78. The van der Waals surface area contributed by atoms with Gasteiger partial charge in [-0.25, -0.2) is 0 Å². The highest BCUT2D eigenvalue weighted by molar-refractivity contribution is 5.55. The number of hydrogen-bond donors (Lipinski definition) is 0. The van der Waals surface area contributed by atoms with Crippen molar-refractivity contribution in [2.45, 2.75) is 25.6 Å². The molecule has 88 valence electrons. The van der Waals surface area contributed by atoms with Gasteiger partial charge in [0.2, 0.25) is 5.79 Å². The first kappa shape index (κ1) is 10.6. The molecule has 0 aliphatic carbocycles. The van der Waals surface area contributed by atoms with Crippen molar-refractivity contribution in [1.29, 1.82) is 0 Å². The van der Waals surface area contributed by atoms with Crippen molar-refractivity contribution in [2.75, 3.05) is 6.61 Å². The van der Waals surface area contributed by atoms with Gasteiger partial charge in [-0.05, 0) is 37.1 Å². The SMILES string of the molecule is Cc1ccc(/C=C2/C=CC3(CCCO3)O2)cc1. The van der Waals surface area contributed by atoms with Crippen LogP contribution in [0.2, 0.25) is 0 Å². The zero-order valence-corrected chi connectivity index (χ0v) is 9.98. The molecule has 2 aliphatic heterocycles. The smallest absolute Gasteiger partial charge is 0.230 e. The third-order valence-corrected chi connectivity index (χ3v) is 3.19. The van der Waals surface area contributed by atoms with Crippen LogP contribution >= 0.6 is 0 Å². The van der Waals surface area contributed by atoms with Gasteiger partial charge in [0.15, 0.2) is 0 Å². The van der Waals surface area contributed by atoms with Gasteiger partial charge in [-0.1, -0.05) is 29.8 Å². The molecule has 1 aromatic rings. The molecule has 2 nitrogen and oxygen atoms in total. The molecule has 1 aromatic carbocycles. The predicted molar refractivity (Wildman–Crippen MR) is 67.3 cm³/mol. The monoisotopic (exact) mass is 228 g/mol. The van der Waals surface area contributed by atoms with E-state index in [1.807, 2.05) is 18.2 Å². The van der Waals surface area contributed by atoms with Crippen molar-refractivity contribution < 1.29 is 9.47 Å². The molecule has 0 saturated carbocycles. The van der Waals surface area contributed by atoms with E-state index in [4.69, 9.17) is 9.47 Å². The first-order valence-electron chi connectivity index (χ1n) is 6.06. The second kappa shape index (κ2) is 4.04. The lowest BCUT2D eigenvalue weighted by molar-refractivity contribution is -0.135. The molecule has 1 fully saturated rings. The Morgan fingerprint density at radius 3 is 2.76 bits per heavy atom. The first-order valence-corrected chi connectivity index (χ1v) is 6.06. The lowest BCUT2D eigenvalue weighted by Crippen LogP contribution is -2.24. The van der Waals surface area contributed by atoms with Crippen molar-refractivity contribution in [2.24, 2.45) is 0 Å². The minimum Gasteiger partial charge on any atom is -0.459 e. The Morgan fingerprint density at radius 1 is 1.24 bits per heavy atom. The van der Waals surface area contributed by atoms with E-state index in [1.54, 1.807) is 0 Å². The Kier molecular flexibility index (Phi) is 2.52. The Labute approximate surface area is 102 Å². The van der Waals surface area contributed by atoms with Crippen LogP contribution in [0.25, 0.3) is 6.08 Å². The summed E-state index contributed by atoms with van der Waals surface area (Å²) < 4.78 is 11.5. The Morgan fingerprint density at radius 2 is 2.06 bits per heavy atom. The third-order valence-electron chi connectivity index (χ3n) is 3.19. The van der Waals surface area contributed by atoms with E-state index < -0.39 is 5.79 Å². The topological polar surface area (TPSA) is 18.5 Å². The van der Waals surface area contributed by atoms with Gasteiger partial charge in [-0.15, -0.1) is 0 Å². The molecule has 2 heteroatoms. The highest BCUT2D eigenvalue weighted by atomic mass is 16.7. The molecule has 3 rings (SSSR count). The van der Waals surface area contributed by atoms with Gasteiger partial charge in [0, 0.05) is 6.42 Å². The molecule has 2 heterocycles. The summed E-state index contributed by atoms with van der Waals surface area (Å²) >= 11 is 0. The van der Waals surface area contributed by atoms with Crippen LogP contribution in [0.1, 0.15) is 24.0 Å². The molecule has 0 N–H and O–H groups in total. The van der Waals surface area contributed by atoms with E-state index in [9.17, 15) is 0 Å². The summed E-state index contributed by atoms with van der Waals surface area (Å²) in [6.45, 7) is 2.88. The number of benzene rings is 1. The normalized spacial score (nSPS) is 29.1. The van der Waals surface area contributed by atoms with Gasteiger partial charge in [0.1, 0.15) is 5.76 Å². The fourth-order valence-corrected chi connectivity index (χ4v) is 2.23. The van der Waals surface area contributed by atoms with E-state index in [1.165, 1.54) is 5.56 Å². The minimum atomic E-state index is -0.462. The van der Waals surface area contributed by atoms with Crippen molar-refractivity contribution in [3.63, 3.8) is 0 Å². The van der Waals surface area contributed by atoms with Crippen molar-refractivity contribution in [3.8, 4) is 0 Å². The lowest BCUT2D eigenvalue weighted by atomic mass is 10.1. The number of hydrogen-bond acceptors (Lipinski definition) is 2. The minimum absolute atomic E-state index is 0.462. The summed E-state index contributed by atoms with van der Waals surface area (Å²) in [6.07, 6.45) is 8.11. The van der Waals surface area contributed by atoms with Crippen LogP contribution in [0.3, 0.4) is 0 Å². The molecule has 0 aromatic heterocycles. The van der Waals surface area contributed by atoms with Gasteiger partial charge < -0.3 is 9.47 Å². The number of ether oxygens (including phenoxy) is 2. The molecule has 0 bridgehead atoms. The predicted octanol–water partition coefficient (Wildman–Crippen LogP) is 3.43. The fourth-order valence-electron chi connectivity index (χ4n) is 2.23. The molecular formula is C15H16O2. The highest BCUT2D eigenvalue weighted by Gasteiger charge is 2.38. The molecule has 1 saturated heterocycles. The quantitative estimate of drug-likeness (QED) is 0.733. The van der Waals surface area contributed by atoms with E-state index in [0.29, 0.717) is 0 Å². The highest BCUT2D eigenvalue weighted by Crippen LogP contribution is 2.36. The van der Waals surface area contributed by atoms with Gasteiger partial charge in [-0.3, -0.25) is 0 Å². The molecular weight excluding hydrogens is 212 g/mol. The van der Waals surface area contributed by atoms with Crippen LogP contribution in [0.4, 0.5) is 0 Å². The number of rotatable bonds is 1. The summed E-state index contributed by atoms with van der Waals surface area (Å²) in [7, 11) is 0. The lowest BCUT2D eigenvalue weighted by Gasteiger charge is -2.20. The van der Waals surface area contributed by atoms with E-state index in [2.05, 4.69) is 31.2 Å². The van der Waals surface area contributed by atoms with Gasteiger partial charge in [0.25, 0.3) is 0 Å². The van der Waals surface area contributed by atoms with Gasteiger partial charge in [0.05, 0.1) is 6.61 Å². The van der Waals surface area contributed by atoms with E-state index in [-0.39, 0.29) is 0 Å². The van der Waals surface area contributed by atoms with Crippen LogP contribution in [0.15, 0.2) is 42.2 Å². The summed E-state index contributed by atoms with van der Waals surface area (Å²) in [5.74, 6) is 0.423. The Bertz CT molecular complexity index is 462. The van der Waals surface area contributed by atoms with Crippen molar-refractivity contribution in [3.05, 3.63) is 53.3 Å². The number of aryl methyl sites for hydroxylation is 1. The van der Waals surface area contributed by atoms with Gasteiger partial charge in [-0.2, -0.15) is 0 Å². The van der Waals surface area contributed by atoms with E-state index >= 15 is 0 Å². The zero-order chi connectivity index (χ0) is 11.7. The maximum absolute atomic E-state index is 5.87. The second-order valence-electron chi connectivity index (χ2n) is 4.66. The second-order valence-corrected chi connectivity index (χ2v) is 4.66. The first-order chi connectivity index (χ1) is 8.26. The summed E-state index contributed by atoms with van der Waals surface area (Å²) in [4.78, 5) is 0. The maximum atomic E-state index is 5.87. The van der Waals surface area contributed by atoms with Crippen LogP contribution in [0.5, 0.6) is 0 Å². The van der Waals surface area contributed by atoms with Crippen LogP contribution in [-0.2, 0) is 9.47 Å². The van der Waals surface area contributed by atoms with Crippen LogP contribution < -0.4 is 0 Å². The van der Waals surface area contributed by atoms with Crippen molar-refractivity contribution >= 4 is 6.08 Å². The summed E-state index contributed by atoms with van der Waals surface area (Å²) in [5.41, 5.74) is 2.43.